The highest BCUT2D eigenvalue weighted by Gasteiger charge is 2.15. The van der Waals surface area contributed by atoms with Crippen molar-refractivity contribution in [3.63, 3.8) is 0 Å². The predicted molar refractivity (Wildman–Crippen MR) is 57.8 cm³/mol. The van der Waals surface area contributed by atoms with Crippen LogP contribution in [0.5, 0.6) is 5.75 Å². The molecule has 0 fully saturated rings. The SMILES string of the molecule is O=[N+]([O-])c1nc(C#CCCBr)ccc1O. The molecule has 0 atom stereocenters. The van der Waals surface area contributed by atoms with Crippen molar-refractivity contribution in [2.24, 2.45) is 0 Å². The molecule has 1 rings (SSSR count). The molecule has 0 spiro atoms. The number of hydrogen-bond donors (Lipinski definition) is 1. The van der Waals surface area contributed by atoms with Gasteiger partial charge in [-0.25, -0.2) is 0 Å². The maximum Gasteiger partial charge on any atom is 0.407 e. The highest BCUT2D eigenvalue weighted by atomic mass is 79.9. The van der Waals surface area contributed by atoms with Crippen molar-refractivity contribution < 1.29 is 10.0 Å². The molecule has 1 aromatic rings. The van der Waals surface area contributed by atoms with E-state index in [2.05, 4.69) is 32.8 Å². The summed E-state index contributed by atoms with van der Waals surface area (Å²) in [5.74, 6) is 4.41. The van der Waals surface area contributed by atoms with Gasteiger partial charge in [0.15, 0.2) is 0 Å². The molecule has 0 aliphatic carbocycles. The summed E-state index contributed by atoms with van der Waals surface area (Å²) in [6.07, 6.45) is 0.635. The maximum absolute atomic E-state index is 10.4. The van der Waals surface area contributed by atoms with Crippen LogP contribution >= 0.6 is 15.9 Å². The Morgan fingerprint density at radius 1 is 1.60 bits per heavy atom. The fourth-order valence-electron chi connectivity index (χ4n) is 0.845. The Kier molecular flexibility index (Phi) is 4.06. The summed E-state index contributed by atoms with van der Waals surface area (Å²) in [6.45, 7) is 0. The Morgan fingerprint density at radius 3 is 2.93 bits per heavy atom. The van der Waals surface area contributed by atoms with Gasteiger partial charge in [-0.1, -0.05) is 21.9 Å². The molecule has 0 amide bonds. The number of aromatic nitrogens is 1. The summed E-state index contributed by atoms with van der Waals surface area (Å²) in [5, 5.41) is 20.3. The maximum atomic E-state index is 10.4. The second kappa shape index (κ2) is 5.32. The quantitative estimate of drug-likeness (QED) is 0.385. The molecular weight excluding hydrogens is 264 g/mol. The summed E-state index contributed by atoms with van der Waals surface area (Å²) in [4.78, 5) is 13.3. The minimum atomic E-state index is -0.745. The molecular formula is C9H7BrN2O3. The number of alkyl halides is 1. The van der Waals surface area contributed by atoms with Crippen molar-refractivity contribution in [3.8, 4) is 17.6 Å². The van der Waals surface area contributed by atoms with Gasteiger partial charge in [0.2, 0.25) is 11.4 Å². The van der Waals surface area contributed by atoms with E-state index in [1.165, 1.54) is 12.1 Å². The first-order valence-corrected chi connectivity index (χ1v) is 5.16. The number of halogens is 1. The van der Waals surface area contributed by atoms with Gasteiger partial charge >= 0.3 is 5.82 Å². The van der Waals surface area contributed by atoms with E-state index in [9.17, 15) is 10.1 Å². The molecule has 0 radical (unpaired) electrons. The largest absolute Gasteiger partial charge is 0.501 e. The molecule has 1 N–H and O–H groups in total. The molecule has 0 unspecified atom stereocenters. The van der Waals surface area contributed by atoms with Gasteiger partial charge in [-0.2, -0.15) is 0 Å². The van der Waals surface area contributed by atoms with Crippen molar-refractivity contribution in [2.75, 3.05) is 5.33 Å². The van der Waals surface area contributed by atoms with E-state index in [1.807, 2.05) is 0 Å². The van der Waals surface area contributed by atoms with Gasteiger partial charge in [0.05, 0.1) is 0 Å². The smallest absolute Gasteiger partial charge is 0.407 e. The van der Waals surface area contributed by atoms with E-state index < -0.39 is 16.5 Å². The second-order valence-corrected chi connectivity index (χ2v) is 3.33. The molecule has 0 saturated carbocycles. The number of aromatic hydroxyl groups is 1. The highest BCUT2D eigenvalue weighted by molar-refractivity contribution is 9.09. The van der Waals surface area contributed by atoms with Crippen molar-refractivity contribution >= 4 is 21.7 Å². The van der Waals surface area contributed by atoms with Gasteiger partial charge in [-0.3, -0.25) is 0 Å². The number of nitrogens with zero attached hydrogens (tertiary/aromatic N) is 2. The highest BCUT2D eigenvalue weighted by Crippen LogP contribution is 2.21. The lowest BCUT2D eigenvalue weighted by Gasteiger charge is -1.94. The molecule has 0 saturated heterocycles. The van der Waals surface area contributed by atoms with Gasteiger partial charge in [0.25, 0.3) is 0 Å². The van der Waals surface area contributed by atoms with Crippen LogP contribution in [0.2, 0.25) is 0 Å². The van der Waals surface area contributed by atoms with Crippen molar-refractivity contribution in [2.45, 2.75) is 6.42 Å². The zero-order valence-electron chi connectivity index (χ0n) is 7.61. The topological polar surface area (TPSA) is 76.3 Å². The van der Waals surface area contributed by atoms with Gasteiger partial charge in [-0.15, -0.1) is 0 Å². The molecule has 0 aliphatic heterocycles. The Labute approximate surface area is 94.4 Å². The molecule has 0 aliphatic rings. The van der Waals surface area contributed by atoms with Crippen LogP contribution in [0, 0.1) is 22.0 Å². The third-order valence-electron chi connectivity index (χ3n) is 1.46. The van der Waals surface area contributed by atoms with Gasteiger partial charge in [0.1, 0.15) is 0 Å². The van der Waals surface area contributed by atoms with E-state index in [1.54, 1.807) is 0 Å². The Bertz CT molecular complexity index is 437. The third-order valence-corrected chi connectivity index (χ3v) is 1.86. The van der Waals surface area contributed by atoms with E-state index in [0.29, 0.717) is 6.42 Å². The summed E-state index contributed by atoms with van der Waals surface area (Å²) in [6, 6.07) is 2.65. The number of nitro groups is 1. The Hall–Kier alpha value is -1.61. The van der Waals surface area contributed by atoms with Gasteiger partial charge < -0.3 is 15.2 Å². The molecule has 1 aromatic heterocycles. The Balaban J connectivity index is 2.99. The lowest BCUT2D eigenvalue weighted by atomic mass is 10.3. The average Bonchev–Trinajstić information content (AvgIpc) is 2.20. The lowest BCUT2D eigenvalue weighted by Crippen LogP contribution is -1.94. The lowest BCUT2D eigenvalue weighted by molar-refractivity contribution is -0.390. The van der Waals surface area contributed by atoms with Crippen LogP contribution in [0.4, 0.5) is 5.82 Å². The van der Waals surface area contributed by atoms with E-state index in [-0.39, 0.29) is 5.69 Å². The summed E-state index contributed by atoms with van der Waals surface area (Å²) >= 11 is 3.20. The van der Waals surface area contributed by atoms with Gasteiger partial charge in [0, 0.05) is 17.8 Å². The van der Waals surface area contributed by atoms with Crippen molar-refractivity contribution in [1.82, 2.24) is 4.98 Å². The van der Waals surface area contributed by atoms with E-state index in [0.717, 1.165) is 5.33 Å². The fourth-order valence-corrected chi connectivity index (χ4v) is 1.04. The molecule has 15 heavy (non-hydrogen) atoms. The molecule has 5 nitrogen and oxygen atoms in total. The zero-order valence-corrected chi connectivity index (χ0v) is 9.19. The second-order valence-electron chi connectivity index (χ2n) is 2.54. The van der Waals surface area contributed by atoms with Crippen LogP contribution in [0.15, 0.2) is 12.1 Å². The average molecular weight is 271 g/mol. The van der Waals surface area contributed by atoms with Crippen LogP contribution in [-0.4, -0.2) is 20.3 Å². The third kappa shape index (κ3) is 3.22. The van der Waals surface area contributed by atoms with E-state index in [4.69, 9.17) is 5.11 Å². The van der Waals surface area contributed by atoms with Crippen molar-refractivity contribution in [1.29, 1.82) is 0 Å². The van der Waals surface area contributed by atoms with E-state index >= 15 is 0 Å². The standard InChI is InChI=1S/C9H7BrN2O3/c10-6-2-1-3-7-4-5-8(13)9(11-7)12(14)15/h4-5,13H,2,6H2. The normalized spacial score (nSPS) is 9.13. The monoisotopic (exact) mass is 270 g/mol. The fraction of sp³-hybridized carbons (Fsp3) is 0.222. The van der Waals surface area contributed by atoms with Crippen LogP contribution in [0.3, 0.4) is 0 Å². The Morgan fingerprint density at radius 2 is 2.33 bits per heavy atom. The summed E-state index contributed by atoms with van der Waals surface area (Å²) < 4.78 is 0. The minimum absolute atomic E-state index is 0.278. The first-order chi connectivity index (χ1) is 7.15. The minimum Gasteiger partial charge on any atom is -0.501 e. The van der Waals surface area contributed by atoms with Crippen LogP contribution < -0.4 is 0 Å². The summed E-state index contributed by atoms with van der Waals surface area (Å²) in [7, 11) is 0. The number of rotatable bonds is 2. The number of hydrogen-bond acceptors (Lipinski definition) is 4. The molecule has 78 valence electrons. The van der Waals surface area contributed by atoms with Crippen molar-refractivity contribution in [3.05, 3.63) is 27.9 Å². The molecule has 1 heterocycles. The van der Waals surface area contributed by atoms with Crippen LogP contribution in [0.1, 0.15) is 12.1 Å². The zero-order chi connectivity index (χ0) is 11.3. The first-order valence-electron chi connectivity index (χ1n) is 4.04. The molecule has 6 heteroatoms. The number of pyridine rings is 1. The summed E-state index contributed by atoms with van der Waals surface area (Å²) in [5.41, 5.74) is 0.278. The molecule has 0 aromatic carbocycles. The molecule has 0 bridgehead atoms. The first kappa shape index (κ1) is 11.5. The van der Waals surface area contributed by atoms with Gasteiger partial charge in [-0.05, 0) is 21.9 Å². The predicted octanol–water partition coefficient (Wildman–Crippen LogP) is 1.83. The van der Waals surface area contributed by atoms with Crippen LogP contribution in [-0.2, 0) is 0 Å². The van der Waals surface area contributed by atoms with Crippen LogP contribution in [0.25, 0.3) is 0 Å².